The number of hydrogen-bond donors (Lipinski definition) is 1. The van der Waals surface area contributed by atoms with E-state index in [1.54, 1.807) is 0 Å². The summed E-state index contributed by atoms with van der Waals surface area (Å²) >= 11 is 0. The zero-order valence-electron chi connectivity index (χ0n) is 12.0. The summed E-state index contributed by atoms with van der Waals surface area (Å²) in [4.78, 5) is 0. The molecule has 0 radical (unpaired) electrons. The van der Waals surface area contributed by atoms with Gasteiger partial charge in [-0.3, -0.25) is 5.73 Å². The lowest BCUT2D eigenvalue weighted by atomic mass is 10.1. The van der Waals surface area contributed by atoms with E-state index in [2.05, 4.69) is 54.0 Å². The number of unbranched alkanes of at least 4 members (excludes halogenated alkanes) is 1. The third-order valence-corrected chi connectivity index (χ3v) is 3.98. The van der Waals surface area contributed by atoms with Crippen LogP contribution in [0.1, 0.15) is 36.5 Å². The first-order chi connectivity index (χ1) is 9.79. The Bertz CT molecular complexity index is 639. The summed E-state index contributed by atoms with van der Waals surface area (Å²) in [6, 6.07) is 17.2. The van der Waals surface area contributed by atoms with Gasteiger partial charge in [-0.25, -0.2) is 4.58 Å². The van der Waals surface area contributed by atoms with E-state index in [0.29, 0.717) is 0 Å². The van der Waals surface area contributed by atoms with E-state index in [9.17, 15) is 0 Å². The molecule has 0 atom stereocenters. The van der Waals surface area contributed by atoms with Crippen molar-refractivity contribution in [3.05, 3.63) is 65.2 Å². The highest BCUT2D eigenvalue weighted by atomic mass is 15.1. The van der Waals surface area contributed by atoms with Crippen molar-refractivity contribution in [2.75, 3.05) is 0 Å². The lowest BCUT2D eigenvalue weighted by molar-refractivity contribution is -0.453. The van der Waals surface area contributed by atoms with Crippen molar-refractivity contribution in [1.29, 1.82) is 0 Å². The predicted octanol–water partition coefficient (Wildman–Crippen LogP) is 3.59. The Balaban J connectivity index is 1.86. The van der Waals surface area contributed by atoms with Gasteiger partial charge in [-0.05, 0) is 36.6 Å². The van der Waals surface area contributed by atoms with Crippen LogP contribution in [0.2, 0.25) is 0 Å². The maximum atomic E-state index is 6.28. The fourth-order valence-corrected chi connectivity index (χ4v) is 2.76. The number of amidine groups is 1. The highest BCUT2D eigenvalue weighted by molar-refractivity contribution is 5.97. The average Bonchev–Trinajstić information content (AvgIpc) is 2.83. The van der Waals surface area contributed by atoms with Crippen LogP contribution >= 0.6 is 0 Å². The van der Waals surface area contributed by atoms with Gasteiger partial charge in [0.1, 0.15) is 12.2 Å². The molecular weight excluding hydrogens is 244 g/mol. The van der Waals surface area contributed by atoms with Crippen LogP contribution in [0.5, 0.6) is 0 Å². The maximum absolute atomic E-state index is 6.28. The minimum Gasteiger partial charge on any atom is -0.286 e. The van der Waals surface area contributed by atoms with Crippen molar-refractivity contribution in [3.63, 3.8) is 0 Å². The Morgan fingerprint density at radius 3 is 2.50 bits per heavy atom. The summed E-state index contributed by atoms with van der Waals surface area (Å²) < 4.78 is 2.19. The predicted molar refractivity (Wildman–Crippen MR) is 83.4 cm³/mol. The van der Waals surface area contributed by atoms with E-state index < -0.39 is 0 Å². The Morgan fingerprint density at radius 2 is 1.80 bits per heavy atom. The van der Waals surface area contributed by atoms with Crippen molar-refractivity contribution in [1.82, 2.24) is 0 Å². The summed E-state index contributed by atoms with van der Waals surface area (Å²) in [7, 11) is 0. The molecule has 0 fully saturated rings. The molecule has 0 aliphatic carbocycles. The molecule has 0 saturated heterocycles. The Kier molecular flexibility index (Phi) is 3.55. The number of benzene rings is 2. The van der Waals surface area contributed by atoms with Crippen LogP contribution in [0.3, 0.4) is 0 Å². The second-order valence-electron chi connectivity index (χ2n) is 5.40. The highest BCUT2D eigenvalue weighted by Gasteiger charge is 2.25. The molecule has 1 heterocycles. The summed E-state index contributed by atoms with van der Waals surface area (Å²) in [6.07, 6.45) is 3.66. The van der Waals surface area contributed by atoms with E-state index in [-0.39, 0.29) is 0 Å². The molecule has 2 heteroatoms. The van der Waals surface area contributed by atoms with Gasteiger partial charge in [-0.15, -0.1) is 0 Å². The van der Waals surface area contributed by atoms with E-state index in [0.717, 1.165) is 18.8 Å². The SMILES string of the molecule is CCCCc1ccc([N+]2=C(N)c3ccccc3C2)cc1. The molecule has 0 saturated carbocycles. The lowest BCUT2D eigenvalue weighted by Crippen LogP contribution is -2.19. The minimum atomic E-state index is 0.863. The van der Waals surface area contributed by atoms with E-state index in [4.69, 9.17) is 5.73 Å². The van der Waals surface area contributed by atoms with Gasteiger partial charge in [-0.2, -0.15) is 0 Å². The van der Waals surface area contributed by atoms with Crippen molar-refractivity contribution in [2.24, 2.45) is 5.73 Å². The number of nitrogens with two attached hydrogens (primary N) is 1. The molecule has 20 heavy (non-hydrogen) atoms. The molecule has 1 aliphatic heterocycles. The Labute approximate surface area is 120 Å². The molecule has 2 aromatic rings. The van der Waals surface area contributed by atoms with E-state index in [1.807, 2.05) is 6.07 Å². The van der Waals surface area contributed by atoms with Gasteiger partial charge in [0.05, 0.1) is 5.56 Å². The third kappa shape index (κ3) is 2.34. The molecule has 0 amide bonds. The van der Waals surface area contributed by atoms with Gasteiger partial charge in [-0.1, -0.05) is 43.7 Å². The Hall–Kier alpha value is -2.09. The number of nitrogens with zero attached hydrogens (tertiary/aromatic N) is 1. The highest BCUT2D eigenvalue weighted by Crippen LogP contribution is 2.24. The fourth-order valence-electron chi connectivity index (χ4n) is 2.76. The Morgan fingerprint density at radius 1 is 1.05 bits per heavy atom. The molecule has 3 rings (SSSR count). The molecule has 2 N–H and O–H groups in total. The standard InChI is InChI=1S/C18H20N2/c1-2-3-6-14-9-11-16(12-10-14)20-13-15-7-4-5-8-17(15)18(20)19/h4-5,7-12,19H,2-3,6,13H2,1H3/p+1. The third-order valence-electron chi connectivity index (χ3n) is 3.98. The summed E-state index contributed by atoms with van der Waals surface area (Å²) in [5.41, 5.74) is 11.3. The van der Waals surface area contributed by atoms with Gasteiger partial charge >= 0.3 is 0 Å². The average molecular weight is 265 g/mol. The van der Waals surface area contributed by atoms with Gasteiger partial charge < -0.3 is 0 Å². The molecule has 2 nitrogen and oxygen atoms in total. The topological polar surface area (TPSA) is 29.0 Å². The smallest absolute Gasteiger partial charge is 0.280 e. The second kappa shape index (κ2) is 5.49. The van der Waals surface area contributed by atoms with Crippen LogP contribution in [-0.4, -0.2) is 10.4 Å². The first-order valence-corrected chi connectivity index (χ1v) is 7.37. The van der Waals surface area contributed by atoms with Crippen molar-refractivity contribution in [3.8, 4) is 0 Å². The number of rotatable bonds is 4. The van der Waals surface area contributed by atoms with Crippen LogP contribution < -0.4 is 5.73 Å². The molecule has 0 aromatic heterocycles. The normalized spacial score (nSPS) is 13.7. The minimum absolute atomic E-state index is 0.863. The molecular formula is C18H21N2+. The zero-order valence-corrected chi connectivity index (χ0v) is 12.0. The van der Waals surface area contributed by atoms with Gasteiger partial charge in [0.15, 0.2) is 0 Å². The van der Waals surface area contributed by atoms with Crippen LogP contribution in [0.4, 0.5) is 5.69 Å². The largest absolute Gasteiger partial charge is 0.286 e. The van der Waals surface area contributed by atoms with Crippen molar-refractivity contribution >= 4 is 11.5 Å². The lowest BCUT2D eigenvalue weighted by Gasteiger charge is -2.04. The van der Waals surface area contributed by atoms with Crippen molar-refractivity contribution in [2.45, 2.75) is 32.7 Å². The molecule has 0 bridgehead atoms. The zero-order chi connectivity index (χ0) is 13.9. The second-order valence-corrected chi connectivity index (χ2v) is 5.40. The van der Waals surface area contributed by atoms with E-state index >= 15 is 0 Å². The quantitative estimate of drug-likeness (QED) is 0.841. The van der Waals surface area contributed by atoms with Crippen molar-refractivity contribution < 1.29 is 4.58 Å². The van der Waals surface area contributed by atoms with Crippen LogP contribution in [0, 0.1) is 0 Å². The molecule has 0 unspecified atom stereocenters. The molecule has 2 aromatic carbocycles. The fraction of sp³-hybridized carbons (Fsp3) is 0.278. The monoisotopic (exact) mass is 265 g/mol. The number of aryl methyl sites for hydroxylation is 1. The van der Waals surface area contributed by atoms with Crippen LogP contribution in [-0.2, 0) is 13.0 Å². The molecule has 102 valence electrons. The maximum Gasteiger partial charge on any atom is 0.280 e. The summed E-state index contributed by atoms with van der Waals surface area (Å²) in [5.74, 6) is 0.863. The van der Waals surface area contributed by atoms with Crippen LogP contribution in [0.25, 0.3) is 0 Å². The van der Waals surface area contributed by atoms with Crippen LogP contribution in [0.15, 0.2) is 48.5 Å². The summed E-state index contributed by atoms with van der Waals surface area (Å²) in [5, 5.41) is 0. The number of hydrogen-bond acceptors (Lipinski definition) is 1. The van der Waals surface area contributed by atoms with Gasteiger partial charge in [0.25, 0.3) is 5.84 Å². The first-order valence-electron chi connectivity index (χ1n) is 7.37. The van der Waals surface area contributed by atoms with E-state index in [1.165, 1.54) is 35.2 Å². The molecule has 1 aliphatic rings. The first kappa shape index (κ1) is 12.9. The molecule has 0 spiro atoms. The number of fused-ring (bicyclic) bond motifs is 1. The summed E-state index contributed by atoms with van der Waals surface area (Å²) in [6.45, 7) is 3.10. The van der Waals surface area contributed by atoms with Gasteiger partial charge in [0.2, 0.25) is 0 Å². The van der Waals surface area contributed by atoms with Gasteiger partial charge in [0, 0.05) is 5.56 Å².